The van der Waals surface area contributed by atoms with E-state index >= 15 is 0 Å². The van der Waals surface area contributed by atoms with Crippen LogP contribution in [0.1, 0.15) is 12.0 Å². The van der Waals surface area contributed by atoms with E-state index in [4.69, 9.17) is 9.84 Å². The number of hydrogen-bond donors (Lipinski definition) is 2. The molecule has 0 spiro atoms. The molecule has 1 rings (SSSR count). The van der Waals surface area contributed by atoms with Crippen molar-refractivity contribution in [1.82, 2.24) is 5.32 Å². The summed E-state index contributed by atoms with van der Waals surface area (Å²) in [6.07, 6.45) is -0.605. The first-order chi connectivity index (χ1) is 9.97. The molecule has 0 aliphatic heterocycles. The Labute approximate surface area is 121 Å². The average Bonchev–Trinajstić information content (AvgIpc) is 2.45. The fraction of sp³-hybridized carbons (Fsp3) is 0.429. The summed E-state index contributed by atoms with van der Waals surface area (Å²) in [6.45, 7) is -0.109. The lowest BCUT2D eigenvalue weighted by atomic mass is 10.1. The molecule has 1 aromatic rings. The van der Waals surface area contributed by atoms with Crippen LogP contribution in [-0.4, -0.2) is 43.9 Å². The predicted octanol–water partition coefficient (Wildman–Crippen LogP) is 0.983. The number of carbonyl (C=O) groups is 2. The fourth-order valence-electron chi connectivity index (χ4n) is 1.69. The first kappa shape index (κ1) is 16.9. The van der Waals surface area contributed by atoms with Crippen molar-refractivity contribution >= 4 is 11.9 Å². The number of aliphatic carboxylic acids is 1. The number of nitrogens with one attached hydrogen (secondary N) is 1. The summed E-state index contributed by atoms with van der Waals surface area (Å²) in [5.41, 5.74) is 0.657. The van der Waals surface area contributed by atoms with E-state index in [1.807, 2.05) is 0 Å². The third kappa shape index (κ3) is 5.39. The maximum Gasteiger partial charge on any atom is 0.334 e. The molecule has 0 aliphatic carbocycles. The van der Waals surface area contributed by atoms with Crippen LogP contribution in [0.25, 0.3) is 0 Å². The lowest BCUT2D eigenvalue weighted by Gasteiger charge is -2.11. The number of hydrogen-bond acceptors (Lipinski definition) is 4. The number of ether oxygens (including phenoxy) is 2. The summed E-state index contributed by atoms with van der Waals surface area (Å²) >= 11 is 0. The van der Waals surface area contributed by atoms with E-state index in [1.165, 1.54) is 26.4 Å². The van der Waals surface area contributed by atoms with Crippen LogP contribution in [0.4, 0.5) is 4.39 Å². The van der Waals surface area contributed by atoms with Crippen LogP contribution in [0.3, 0.4) is 0 Å². The van der Waals surface area contributed by atoms with Crippen molar-refractivity contribution in [3.05, 3.63) is 29.6 Å². The molecule has 1 amide bonds. The molecule has 0 heterocycles. The van der Waals surface area contributed by atoms with E-state index in [0.29, 0.717) is 12.0 Å². The minimum absolute atomic E-state index is 0.109. The van der Waals surface area contributed by atoms with Gasteiger partial charge < -0.3 is 19.9 Å². The largest absolute Gasteiger partial charge is 0.494 e. The van der Waals surface area contributed by atoms with Gasteiger partial charge >= 0.3 is 5.97 Å². The molecule has 21 heavy (non-hydrogen) atoms. The Balaban J connectivity index is 2.42. The number of methoxy groups -OCH3 is 2. The Hall–Kier alpha value is -2.15. The second kappa shape index (κ2) is 8.21. The Morgan fingerprint density at radius 3 is 2.62 bits per heavy atom. The molecule has 1 aromatic carbocycles. The van der Waals surface area contributed by atoms with Gasteiger partial charge in [-0.3, -0.25) is 4.79 Å². The smallest absolute Gasteiger partial charge is 0.334 e. The Morgan fingerprint density at radius 1 is 1.38 bits per heavy atom. The molecule has 0 radical (unpaired) electrons. The Morgan fingerprint density at radius 2 is 2.10 bits per heavy atom. The lowest BCUT2D eigenvalue weighted by Crippen LogP contribution is -2.37. The second-order valence-electron chi connectivity index (χ2n) is 4.34. The van der Waals surface area contributed by atoms with E-state index in [0.717, 1.165) is 0 Å². The first-order valence-corrected chi connectivity index (χ1v) is 6.32. The van der Waals surface area contributed by atoms with Gasteiger partial charge in [-0.25, -0.2) is 9.18 Å². The van der Waals surface area contributed by atoms with E-state index in [-0.39, 0.29) is 24.6 Å². The lowest BCUT2D eigenvalue weighted by molar-refractivity contribution is -0.148. The molecule has 0 aliphatic rings. The summed E-state index contributed by atoms with van der Waals surface area (Å²) in [7, 11) is 2.63. The van der Waals surface area contributed by atoms with E-state index in [9.17, 15) is 14.0 Å². The second-order valence-corrected chi connectivity index (χ2v) is 4.34. The van der Waals surface area contributed by atoms with Crippen molar-refractivity contribution in [1.29, 1.82) is 0 Å². The Kier molecular flexibility index (Phi) is 6.61. The molecule has 0 bridgehead atoms. The predicted molar refractivity (Wildman–Crippen MR) is 72.7 cm³/mol. The molecule has 116 valence electrons. The van der Waals surface area contributed by atoms with E-state index in [1.54, 1.807) is 6.07 Å². The molecule has 0 saturated carbocycles. The monoisotopic (exact) mass is 299 g/mol. The van der Waals surface area contributed by atoms with E-state index < -0.39 is 17.9 Å². The van der Waals surface area contributed by atoms with Gasteiger partial charge in [0.25, 0.3) is 0 Å². The molecule has 0 aromatic heterocycles. The molecule has 2 N–H and O–H groups in total. The normalized spacial score (nSPS) is 11.8. The highest BCUT2D eigenvalue weighted by atomic mass is 19.1. The van der Waals surface area contributed by atoms with Gasteiger partial charge in [0.2, 0.25) is 5.91 Å². The summed E-state index contributed by atoms with van der Waals surface area (Å²) < 4.78 is 22.9. The van der Waals surface area contributed by atoms with Crippen molar-refractivity contribution in [3.63, 3.8) is 0 Å². The first-order valence-electron chi connectivity index (χ1n) is 6.32. The average molecular weight is 299 g/mol. The van der Waals surface area contributed by atoms with Crippen LogP contribution < -0.4 is 10.1 Å². The van der Waals surface area contributed by atoms with E-state index in [2.05, 4.69) is 10.1 Å². The van der Waals surface area contributed by atoms with Crippen LogP contribution in [0.15, 0.2) is 18.2 Å². The Bertz CT molecular complexity index is 506. The number of carboxylic acids is 1. The highest BCUT2D eigenvalue weighted by Gasteiger charge is 2.17. The summed E-state index contributed by atoms with van der Waals surface area (Å²) in [4.78, 5) is 22.3. The SMILES string of the molecule is COc1ccc(CCC(=O)NCC(OC)C(=O)O)cc1F. The van der Waals surface area contributed by atoms with Crippen LogP contribution in [-0.2, 0) is 20.7 Å². The number of benzene rings is 1. The highest BCUT2D eigenvalue weighted by Crippen LogP contribution is 2.18. The van der Waals surface area contributed by atoms with Gasteiger partial charge in [0, 0.05) is 13.5 Å². The summed E-state index contributed by atoms with van der Waals surface area (Å²) in [5.74, 6) is -1.81. The van der Waals surface area contributed by atoms with Crippen LogP contribution in [0.2, 0.25) is 0 Å². The van der Waals surface area contributed by atoms with Gasteiger partial charge in [-0.1, -0.05) is 6.07 Å². The summed E-state index contributed by atoms with van der Waals surface area (Å²) in [5, 5.41) is 11.2. The van der Waals surface area contributed by atoms with Crippen molar-refractivity contribution in [2.24, 2.45) is 0 Å². The summed E-state index contributed by atoms with van der Waals surface area (Å²) in [6, 6.07) is 4.47. The maximum absolute atomic E-state index is 13.5. The standard InChI is InChI=1S/C14H18FNO5/c1-20-11-5-3-9(7-10(11)15)4-6-13(17)16-8-12(21-2)14(18)19/h3,5,7,12H,4,6,8H2,1-2H3,(H,16,17)(H,18,19). The third-order valence-corrected chi connectivity index (χ3v) is 2.90. The van der Waals surface area contributed by atoms with Gasteiger partial charge in [-0.05, 0) is 24.1 Å². The van der Waals surface area contributed by atoms with Gasteiger partial charge in [-0.2, -0.15) is 0 Å². The number of aryl methyl sites for hydroxylation is 1. The molecule has 7 heteroatoms. The molecule has 0 saturated heterocycles. The molecule has 0 fully saturated rings. The zero-order valence-corrected chi connectivity index (χ0v) is 11.9. The number of carbonyl (C=O) groups excluding carboxylic acids is 1. The quantitative estimate of drug-likeness (QED) is 0.747. The maximum atomic E-state index is 13.5. The van der Waals surface area contributed by atoms with Gasteiger partial charge in [-0.15, -0.1) is 0 Å². The van der Waals surface area contributed by atoms with Crippen molar-refractivity contribution < 1.29 is 28.6 Å². The van der Waals surface area contributed by atoms with Crippen LogP contribution in [0.5, 0.6) is 5.75 Å². The van der Waals surface area contributed by atoms with Crippen LogP contribution >= 0.6 is 0 Å². The highest BCUT2D eigenvalue weighted by molar-refractivity contribution is 5.78. The fourth-order valence-corrected chi connectivity index (χ4v) is 1.69. The van der Waals surface area contributed by atoms with Crippen molar-refractivity contribution in [2.45, 2.75) is 18.9 Å². The van der Waals surface area contributed by atoms with Gasteiger partial charge in [0.1, 0.15) is 0 Å². The number of rotatable bonds is 8. The van der Waals surface area contributed by atoms with Crippen molar-refractivity contribution in [3.8, 4) is 5.75 Å². The van der Waals surface area contributed by atoms with Gasteiger partial charge in [0.15, 0.2) is 17.7 Å². The van der Waals surface area contributed by atoms with Gasteiger partial charge in [0.05, 0.1) is 13.7 Å². The minimum atomic E-state index is -1.14. The molecule has 1 atom stereocenters. The molecular weight excluding hydrogens is 281 g/mol. The molecule has 6 nitrogen and oxygen atoms in total. The zero-order valence-electron chi connectivity index (χ0n) is 11.9. The zero-order chi connectivity index (χ0) is 15.8. The van der Waals surface area contributed by atoms with Crippen LogP contribution in [0, 0.1) is 5.82 Å². The number of amides is 1. The van der Waals surface area contributed by atoms with Crippen molar-refractivity contribution in [2.75, 3.05) is 20.8 Å². The minimum Gasteiger partial charge on any atom is -0.494 e. The molecule has 1 unspecified atom stereocenters. The topological polar surface area (TPSA) is 84.9 Å². The number of carboxylic acid groups (broad SMARTS) is 1. The molecular formula is C14H18FNO5. The number of halogens is 1. The third-order valence-electron chi connectivity index (χ3n) is 2.90.